The molecule has 0 bridgehead atoms. The van der Waals surface area contributed by atoms with Gasteiger partial charge in [-0.3, -0.25) is 10.1 Å². The zero-order chi connectivity index (χ0) is 17.0. The summed E-state index contributed by atoms with van der Waals surface area (Å²) in [6.45, 7) is 0. The zero-order valence-corrected chi connectivity index (χ0v) is 13.9. The quantitative estimate of drug-likeness (QED) is 0.471. The van der Waals surface area contributed by atoms with E-state index in [1.54, 1.807) is 24.3 Å². The summed E-state index contributed by atoms with van der Waals surface area (Å²) in [5.41, 5.74) is 0.483. The van der Waals surface area contributed by atoms with Gasteiger partial charge < -0.3 is 15.5 Å². The van der Waals surface area contributed by atoms with E-state index in [0.29, 0.717) is 11.3 Å². The lowest BCUT2D eigenvalue weighted by Gasteiger charge is -2.11. The number of amides is 1. The Morgan fingerprint density at radius 1 is 1.13 bits per heavy atom. The molecule has 0 radical (unpaired) electrons. The highest BCUT2D eigenvalue weighted by Gasteiger charge is 2.12. The van der Waals surface area contributed by atoms with Crippen LogP contribution in [-0.2, 0) is 0 Å². The van der Waals surface area contributed by atoms with E-state index in [4.69, 9.17) is 17.3 Å². The zero-order valence-electron chi connectivity index (χ0n) is 11.5. The molecule has 2 aromatic rings. The molecule has 0 aliphatic rings. The number of aromatic hydroxyl groups is 1. The molecule has 2 rings (SSSR count). The van der Waals surface area contributed by atoms with Crippen LogP contribution in [0.3, 0.4) is 0 Å². The van der Waals surface area contributed by atoms with Crippen LogP contribution in [0.1, 0.15) is 20.7 Å². The summed E-state index contributed by atoms with van der Waals surface area (Å²) >= 11 is 8.29. The van der Waals surface area contributed by atoms with Crippen LogP contribution < -0.4 is 10.6 Å². The number of aromatic carboxylic acids is 1. The molecule has 0 atom stereocenters. The Hall–Kier alpha value is -2.45. The van der Waals surface area contributed by atoms with Crippen molar-refractivity contribution < 1.29 is 19.8 Å². The first-order valence-electron chi connectivity index (χ1n) is 6.31. The lowest BCUT2D eigenvalue weighted by atomic mass is 10.2. The summed E-state index contributed by atoms with van der Waals surface area (Å²) in [4.78, 5) is 23.0. The van der Waals surface area contributed by atoms with Gasteiger partial charge in [0.1, 0.15) is 11.3 Å². The molecular weight excluding hydrogens is 384 g/mol. The molecule has 0 fully saturated rings. The minimum atomic E-state index is -1.27. The molecule has 0 aliphatic heterocycles. The molecule has 0 aromatic heterocycles. The van der Waals surface area contributed by atoms with Crippen molar-refractivity contribution in [2.24, 2.45) is 0 Å². The van der Waals surface area contributed by atoms with Crippen molar-refractivity contribution in [1.29, 1.82) is 0 Å². The van der Waals surface area contributed by atoms with E-state index in [1.807, 2.05) is 0 Å². The largest absolute Gasteiger partial charge is 0.507 e. The van der Waals surface area contributed by atoms with Crippen LogP contribution in [0.25, 0.3) is 0 Å². The highest BCUT2D eigenvalue weighted by molar-refractivity contribution is 9.10. The number of nitrogens with one attached hydrogen (secondary N) is 2. The molecule has 0 saturated carbocycles. The van der Waals surface area contributed by atoms with E-state index in [2.05, 4.69) is 26.6 Å². The predicted molar refractivity (Wildman–Crippen MR) is 92.9 cm³/mol. The predicted octanol–water partition coefficient (Wildman–Crippen LogP) is 2.98. The first-order valence-corrected chi connectivity index (χ1v) is 7.51. The monoisotopic (exact) mass is 394 g/mol. The Morgan fingerprint density at radius 2 is 1.87 bits per heavy atom. The Bertz CT molecular complexity index is 795. The van der Waals surface area contributed by atoms with Crippen LogP contribution in [-0.4, -0.2) is 27.2 Å². The normalized spacial score (nSPS) is 9.96. The number of carbonyl (C=O) groups excluding carboxylic acids is 1. The molecule has 8 heteroatoms. The molecule has 4 N–H and O–H groups in total. The number of carboxylic acid groups (broad SMARTS) is 1. The molecule has 0 unspecified atom stereocenters. The average molecular weight is 395 g/mol. The third kappa shape index (κ3) is 4.51. The molecule has 2 aromatic carbocycles. The van der Waals surface area contributed by atoms with Gasteiger partial charge in [-0.05, 0) is 48.6 Å². The number of rotatable bonds is 3. The molecule has 0 spiro atoms. The highest BCUT2D eigenvalue weighted by atomic mass is 79.9. The van der Waals surface area contributed by atoms with Crippen molar-refractivity contribution in [2.45, 2.75) is 0 Å². The van der Waals surface area contributed by atoms with Crippen LogP contribution in [0.5, 0.6) is 5.75 Å². The second kappa shape index (κ2) is 7.21. The third-order valence-electron chi connectivity index (χ3n) is 2.80. The third-order valence-corrected chi connectivity index (χ3v) is 3.50. The summed E-state index contributed by atoms with van der Waals surface area (Å²) in [5, 5.41) is 23.6. The number of phenols is 1. The van der Waals surface area contributed by atoms with Gasteiger partial charge in [0.05, 0.1) is 0 Å². The van der Waals surface area contributed by atoms with Gasteiger partial charge in [0, 0.05) is 15.7 Å². The van der Waals surface area contributed by atoms with Gasteiger partial charge >= 0.3 is 5.97 Å². The highest BCUT2D eigenvalue weighted by Crippen LogP contribution is 2.21. The summed E-state index contributed by atoms with van der Waals surface area (Å²) in [5.74, 6) is -2.02. The minimum Gasteiger partial charge on any atom is -0.507 e. The maximum absolute atomic E-state index is 12.0. The Labute approximate surface area is 145 Å². The van der Waals surface area contributed by atoms with Gasteiger partial charge in [0.2, 0.25) is 0 Å². The van der Waals surface area contributed by atoms with E-state index >= 15 is 0 Å². The summed E-state index contributed by atoms with van der Waals surface area (Å²) in [6.07, 6.45) is 0. The molecule has 0 saturated heterocycles. The Kier molecular flexibility index (Phi) is 5.30. The number of benzene rings is 2. The molecule has 23 heavy (non-hydrogen) atoms. The van der Waals surface area contributed by atoms with Crippen LogP contribution in [0.15, 0.2) is 46.9 Å². The van der Waals surface area contributed by atoms with E-state index in [9.17, 15) is 14.7 Å². The fourth-order valence-corrected chi connectivity index (χ4v) is 2.36. The SMILES string of the molecule is O=C(NC(=S)Nc1ccc(O)c(C(=O)O)c1)c1cccc(Br)c1. The molecule has 118 valence electrons. The standard InChI is InChI=1S/C15H11BrN2O4S/c16-9-3-1-2-8(6-9)13(20)18-15(23)17-10-4-5-12(19)11(7-10)14(21)22/h1-7,19H,(H,21,22)(H2,17,18,20,23). The number of carbonyl (C=O) groups is 2. The summed E-state index contributed by atoms with van der Waals surface area (Å²) in [6, 6.07) is 10.7. The molecule has 0 heterocycles. The second-order valence-corrected chi connectivity index (χ2v) is 5.78. The van der Waals surface area contributed by atoms with Gasteiger partial charge in [-0.15, -0.1) is 0 Å². The number of hydrogen-bond donors (Lipinski definition) is 4. The molecule has 6 nitrogen and oxygen atoms in total. The minimum absolute atomic E-state index is 0.0111. The summed E-state index contributed by atoms with van der Waals surface area (Å²) in [7, 11) is 0. The van der Waals surface area contributed by atoms with Gasteiger partial charge in [-0.2, -0.15) is 0 Å². The van der Waals surface area contributed by atoms with E-state index in [0.717, 1.165) is 4.47 Å². The van der Waals surface area contributed by atoms with Crippen molar-refractivity contribution in [2.75, 3.05) is 5.32 Å². The Balaban J connectivity index is 2.06. The number of carboxylic acids is 1. The summed E-state index contributed by atoms with van der Waals surface area (Å²) < 4.78 is 0.758. The van der Waals surface area contributed by atoms with Crippen LogP contribution in [0.2, 0.25) is 0 Å². The first kappa shape index (κ1) is 16.9. The van der Waals surface area contributed by atoms with Crippen LogP contribution in [0, 0.1) is 0 Å². The molecular formula is C15H11BrN2O4S. The fraction of sp³-hybridized carbons (Fsp3) is 0. The van der Waals surface area contributed by atoms with Crippen molar-refractivity contribution >= 4 is 50.8 Å². The van der Waals surface area contributed by atoms with E-state index in [1.165, 1.54) is 18.2 Å². The van der Waals surface area contributed by atoms with E-state index < -0.39 is 11.9 Å². The lowest BCUT2D eigenvalue weighted by molar-refractivity contribution is 0.0693. The molecule has 1 amide bonds. The van der Waals surface area contributed by atoms with Gasteiger partial charge in [-0.1, -0.05) is 22.0 Å². The maximum atomic E-state index is 12.0. The van der Waals surface area contributed by atoms with Crippen molar-refractivity contribution in [3.05, 3.63) is 58.1 Å². The fourth-order valence-electron chi connectivity index (χ4n) is 1.75. The average Bonchev–Trinajstić information content (AvgIpc) is 2.48. The van der Waals surface area contributed by atoms with Crippen molar-refractivity contribution in [1.82, 2.24) is 5.32 Å². The first-order chi connectivity index (χ1) is 10.9. The van der Waals surface area contributed by atoms with Crippen molar-refractivity contribution in [3.8, 4) is 5.75 Å². The smallest absolute Gasteiger partial charge is 0.339 e. The maximum Gasteiger partial charge on any atom is 0.339 e. The van der Waals surface area contributed by atoms with Gasteiger partial charge in [0.25, 0.3) is 5.91 Å². The number of thiocarbonyl (C=S) groups is 1. The van der Waals surface area contributed by atoms with E-state index in [-0.39, 0.29) is 16.4 Å². The topological polar surface area (TPSA) is 98.7 Å². The van der Waals surface area contributed by atoms with Crippen LogP contribution >= 0.6 is 28.1 Å². The van der Waals surface area contributed by atoms with Gasteiger partial charge in [0.15, 0.2) is 5.11 Å². The molecule has 0 aliphatic carbocycles. The van der Waals surface area contributed by atoms with Crippen LogP contribution in [0.4, 0.5) is 5.69 Å². The number of halogens is 1. The lowest BCUT2D eigenvalue weighted by Crippen LogP contribution is -2.34. The second-order valence-electron chi connectivity index (χ2n) is 4.46. The number of anilines is 1. The Morgan fingerprint density at radius 3 is 2.52 bits per heavy atom. The van der Waals surface area contributed by atoms with Gasteiger partial charge in [-0.25, -0.2) is 4.79 Å². The number of hydrogen-bond acceptors (Lipinski definition) is 4. The van der Waals surface area contributed by atoms with Crippen molar-refractivity contribution in [3.63, 3.8) is 0 Å².